The molecule has 1 fully saturated rings. The molecule has 3 heterocycles. The van der Waals surface area contributed by atoms with E-state index in [-0.39, 0.29) is 15.7 Å². The summed E-state index contributed by atoms with van der Waals surface area (Å²) in [5, 5.41) is 4.13. The highest BCUT2D eigenvalue weighted by atomic mass is 35.5. The van der Waals surface area contributed by atoms with Crippen LogP contribution < -0.4 is 5.32 Å². The summed E-state index contributed by atoms with van der Waals surface area (Å²) in [5.74, 6) is 0. The van der Waals surface area contributed by atoms with Crippen LogP contribution in [0.4, 0.5) is 0 Å². The molecule has 0 radical (unpaired) electrons. The van der Waals surface area contributed by atoms with Gasteiger partial charge in [-0.1, -0.05) is 48.4 Å². The lowest BCUT2D eigenvalue weighted by Gasteiger charge is -2.35. The summed E-state index contributed by atoms with van der Waals surface area (Å²) in [6.07, 6.45) is 8.35. The van der Waals surface area contributed by atoms with Gasteiger partial charge in [0.05, 0.1) is 10.3 Å². The standard InChI is InChI=1S/C24H26ClN5O2S/c1-17-3-5-19(6-4-17)33(31,32)30-21(15-20-22(25)27-16-28-23(20)30)24(2)9-7-18(8-10-24)29-13-11-26-12-14-29/h3-9,15-16,26H,10-14H2,1-2H3. The van der Waals surface area contributed by atoms with Crippen LogP contribution in [0.15, 0.2) is 65.5 Å². The first-order valence-electron chi connectivity index (χ1n) is 11.0. The van der Waals surface area contributed by atoms with E-state index in [1.54, 1.807) is 24.3 Å². The number of aromatic nitrogens is 3. The molecule has 7 nitrogen and oxygen atoms in total. The third-order valence-electron chi connectivity index (χ3n) is 6.49. The molecule has 1 aliphatic carbocycles. The van der Waals surface area contributed by atoms with Gasteiger partial charge in [0.25, 0.3) is 10.0 Å². The van der Waals surface area contributed by atoms with Gasteiger partial charge in [0.2, 0.25) is 0 Å². The second-order valence-corrected chi connectivity index (χ2v) is 11.0. The molecule has 2 aromatic heterocycles. The third kappa shape index (κ3) is 3.86. The lowest BCUT2D eigenvalue weighted by atomic mass is 9.80. The van der Waals surface area contributed by atoms with Gasteiger partial charge in [-0.05, 0) is 37.6 Å². The van der Waals surface area contributed by atoms with Crippen LogP contribution in [0.2, 0.25) is 5.15 Å². The predicted octanol–water partition coefficient (Wildman–Crippen LogP) is 3.64. The largest absolute Gasteiger partial charge is 0.369 e. The van der Waals surface area contributed by atoms with E-state index in [1.807, 2.05) is 19.9 Å². The van der Waals surface area contributed by atoms with Crippen LogP contribution >= 0.6 is 11.6 Å². The van der Waals surface area contributed by atoms with Crippen LogP contribution in [0.1, 0.15) is 24.6 Å². The maximum atomic E-state index is 13.9. The van der Waals surface area contributed by atoms with Gasteiger partial charge >= 0.3 is 0 Å². The Hall–Kier alpha value is -2.68. The quantitative estimate of drug-likeness (QED) is 0.571. The van der Waals surface area contributed by atoms with Crippen molar-refractivity contribution in [2.75, 3.05) is 26.2 Å². The number of piperazine rings is 1. The molecule has 1 aromatic carbocycles. The zero-order valence-electron chi connectivity index (χ0n) is 18.6. The number of nitrogens with zero attached hydrogens (tertiary/aromatic N) is 4. The van der Waals surface area contributed by atoms with Crippen molar-refractivity contribution >= 4 is 32.7 Å². The van der Waals surface area contributed by atoms with Crippen molar-refractivity contribution in [2.45, 2.75) is 30.6 Å². The molecule has 5 rings (SSSR count). The Morgan fingerprint density at radius 2 is 1.85 bits per heavy atom. The maximum Gasteiger partial charge on any atom is 0.269 e. The van der Waals surface area contributed by atoms with E-state index < -0.39 is 15.4 Å². The predicted molar refractivity (Wildman–Crippen MR) is 130 cm³/mol. The smallest absolute Gasteiger partial charge is 0.269 e. The lowest BCUT2D eigenvalue weighted by Crippen LogP contribution is -2.43. The SMILES string of the molecule is Cc1ccc(S(=O)(=O)n2c(C3(C)C=CC(N4CCNCC4)=CC3)cc3c(Cl)ncnc32)cc1. The minimum Gasteiger partial charge on any atom is -0.369 e. The Kier molecular flexibility index (Phi) is 5.55. The van der Waals surface area contributed by atoms with Crippen LogP contribution in [-0.4, -0.2) is 53.4 Å². The number of aryl methyl sites for hydroxylation is 1. The van der Waals surface area contributed by atoms with Gasteiger partial charge in [-0.3, -0.25) is 0 Å². The lowest BCUT2D eigenvalue weighted by molar-refractivity contribution is 0.303. The fraction of sp³-hybridized carbons (Fsp3) is 0.333. The Morgan fingerprint density at radius 1 is 1.12 bits per heavy atom. The summed E-state index contributed by atoms with van der Waals surface area (Å²) in [7, 11) is -3.91. The van der Waals surface area contributed by atoms with Crippen molar-refractivity contribution in [2.24, 2.45) is 0 Å². The van der Waals surface area contributed by atoms with E-state index in [4.69, 9.17) is 11.6 Å². The monoisotopic (exact) mass is 483 g/mol. The molecular weight excluding hydrogens is 458 g/mol. The minimum absolute atomic E-state index is 0.210. The maximum absolute atomic E-state index is 13.9. The van der Waals surface area contributed by atoms with E-state index in [2.05, 4.69) is 38.4 Å². The first-order chi connectivity index (χ1) is 15.8. The Balaban J connectivity index is 1.63. The molecule has 1 saturated heterocycles. The molecule has 33 heavy (non-hydrogen) atoms. The minimum atomic E-state index is -3.91. The van der Waals surface area contributed by atoms with Crippen molar-refractivity contribution < 1.29 is 8.42 Å². The van der Waals surface area contributed by atoms with Gasteiger partial charge in [-0.15, -0.1) is 0 Å². The normalized spacial score (nSPS) is 21.4. The second kappa shape index (κ2) is 8.27. The van der Waals surface area contributed by atoms with Gasteiger partial charge in [0.15, 0.2) is 5.65 Å². The average molecular weight is 484 g/mol. The van der Waals surface area contributed by atoms with Crippen LogP contribution in [0.5, 0.6) is 0 Å². The van der Waals surface area contributed by atoms with Crippen molar-refractivity contribution in [3.63, 3.8) is 0 Å². The van der Waals surface area contributed by atoms with Gasteiger partial charge in [0, 0.05) is 43.0 Å². The summed E-state index contributed by atoms with van der Waals surface area (Å²) in [4.78, 5) is 11.0. The van der Waals surface area contributed by atoms with Crippen molar-refractivity contribution in [1.82, 2.24) is 24.2 Å². The van der Waals surface area contributed by atoms with Gasteiger partial charge < -0.3 is 10.2 Å². The van der Waals surface area contributed by atoms with Gasteiger partial charge in [0.1, 0.15) is 11.5 Å². The third-order valence-corrected chi connectivity index (χ3v) is 8.51. The second-order valence-electron chi connectivity index (χ2n) is 8.83. The van der Waals surface area contributed by atoms with Crippen LogP contribution in [0, 0.1) is 6.92 Å². The average Bonchev–Trinajstić information content (AvgIpc) is 3.23. The Morgan fingerprint density at radius 3 is 2.52 bits per heavy atom. The number of benzene rings is 1. The number of fused-ring (bicyclic) bond motifs is 1. The summed E-state index contributed by atoms with van der Waals surface area (Å²) in [6, 6.07) is 8.67. The number of allylic oxidation sites excluding steroid dienone is 3. The number of rotatable bonds is 4. The molecule has 0 amide bonds. The van der Waals surface area contributed by atoms with E-state index >= 15 is 0 Å². The first-order valence-corrected chi connectivity index (χ1v) is 12.8. The van der Waals surface area contributed by atoms with Crippen LogP contribution in [0.25, 0.3) is 11.0 Å². The molecule has 0 spiro atoms. The molecule has 1 unspecified atom stereocenters. The highest BCUT2D eigenvalue weighted by Crippen LogP contribution is 2.40. The number of hydrogen-bond acceptors (Lipinski definition) is 6. The van der Waals surface area contributed by atoms with E-state index in [0.29, 0.717) is 17.5 Å². The highest BCUT2D eigenvalue weighted by molar-refractivity contribution is 7.90. The topological polar surface area (TPSA) is 80.1 Å². The molecule has 1 N–H and O–H groups in total. The molecule has 172 valence electrons. The molecule has 3 aromatic rings. The molecular formula is C24H26ClN5O2S. The zero-order valence-corrected chi connectivity index (χ0v) is 20.2. The molecule has 0 saturated carbocycles. The zero-order chi connectivity index (χ0) is 23.2. The summed E-state index contributed by atoms with van der Waals surface area (Å²) >= 11 is 6.37. The summed E-state index contributed by atoms with van der Waals surface area (Å²) in [5.41, 5.74) is 2.52. The van der Waals surface area contributed by atoms with Gasteiger partial charge in [-0.25, -0.2) is 22.4 Å². The Bertz CT molecular complexity index is 1370. The molecule has 1 aliphatic heterocycles. The summed E-state index contributed by atoms with van der Waals surface area (Å²) in [6.45, 7) is 7.81. The summed E-state index contributed by atoms with van der Waals surface area (Å²) < 4.78 is 29.0. The van der Waals surface area contributed by atoms with E-state index in [0.717, 1.165) is 31.7 Å². The molecule has 9 heteroatoms. The number of halogens is 1. The Labute approximate surface area is 198 Å². The van der Waals surface area contributed by atoms with Crippen molar-refractivity contribution in [3.05, 3.63) is 77.0 Å². The fourth-order valence-electron chi connectivity index (χ4n) is 4.49. The van der Waals surface area contributed by atoms with Crippen molar-refractivity contribution in [1.29, 1.82) is 0 Å². The van der Waals surface area contributed by atoms with Crippen LogP contribution in [-0.2, 0) is 15.4 Å². The number of hydrogen-bond donors (Lipinski definition) is 1. The molecule has 1 atom stereocenters. The first kappa shape index (κ1) is 22.1. The van der Waals surface area contributed by atoms with E-state index in [1.165, 1.54) is 16.0 Å². The van der Waals surface area contributed by atoms with Gasteiger partial charge in [-0.2, -0.15) is 0 Å². The van der Waals surface area contributed by atoms with Crippen molar-refractivity contribution in [3.8, 4) is 0 Å². The molecule has 2 aliphatic rings. The molecule has 0 bridgehead atoms. The van der Waals surface area contributed by atoms with Crippen LogP contribution in [0.3, 0.4) is 0 Å². The number of nitrogens with one attached hydrogen (secondary N) is 1. The fourth-order valence-corrected chi connectivity index (χ4v) is 6.25. The highest BCUT2D eigenvalue weighted by Gasteiger charge is 2.35. The van der Waals surface area contributed by atoms with E-state index in [9.17, 15) is 8.42 Å².